The third-order valence-electron chi connectivity index (χ3n) is 4.09. The SMILES string of the molecule is O=C(CNC(=O)c1cc2ccccn2n1)NCCCN1CCOCC1. The van der Waals surface area contributed by atoms with Crippen molar-refractivity contribution in [2.24, 2.45) is 0 Å². The third-order valence-corrected chi connectivity index (χ3v) is 4.09. The number of hydrogen-bond donors (Lipinski definition) is 2. The van der Waals surface area contributed by atoms with Crippen molar-refractivity contribution in [2.75, 3.05) is 45.9 Å². The second-order valence-electron chi connectivity index (χ2n) is 5.94. The number of carbonyl (C=O) groups is 2. The lowest BCUT2D eigenvalue weighted by Crippen LogP contribution is -2.40. The first-order chi connectivity index (χ1) is 12.2. The molecule has 1 aliphatic heterocycles. The zero-order valence-electron chi connectivity index (χ0n) is 14.1. The first kappa shape index (κ1) is 17.4. The largest absolute Gasteiger partial charge is 0.379 e. The molecule has 0 aromatic carbocycles. The summed E-state index contributed by atoms with van der Waals surface area (Å²) in [4.78, 5) is 26.2. The van der Waals surface area contributed by atoms with Crippen molar-refractivity contribution in [3.8, 4) is 0 Å². The van der Waals surface area contributed by atoms with Crippen LogP contribution in [0.4, 0.5) is 0 Å². The number of rotatable bonds is 7. The topological polar surface area (TPSA) is 88.0 Å². The van der Waals surface area contributed by atoms with Gasteiger partial charge in [-0.1, -0.05) is 6.07 Å². The molecule has 3 heterocycles. The van der Waals surface area contributed by atoms with Crippen LogP contribution in [0.15, 0.2) is 30.5 Å². The summed E-state index contributed by atoms with van der Waals surface area (Å²) in [5.74, 6) is -0.550. The summed E-state index contributed by atoms with van der Waals surface area (Å²) in [5, 5.41) is 9.59. The highest BCUT2D eigenvalue weighted by Crippen LogP contribution is 2.05. The average Bonchev–Trinajstić information content (AvgIpc) is 3.08. The van der Waals surface area contributed by atoms with E-state index in [9.17, 15) is 9.59 Å². The molecule has 0 aliphatic carbocycles. The number of hydrogen-bond acceptors (Lipinski definition) is 5. The fraction of sp³-hybridized carbons (Fsp3) is 0.471. The van der Waals surface area contributed by atoms with Gasteiger partial charge in [-0.2, -0.15) is 5.10 Å². The van der Waals surface area contributed by atoms with Gasteiger partial charge in [0, 0.05) is 25.8 Å². The number of aromatic nitrogens is 2. The van der Waals surface area contributed by atoms with Gasteiger partial charge in [-0.3, -0.25) is 14.5 Å². The van der Waals surface area contributed by atoms with E-state index in [4.69, 9.17) is 4.74 Å². The van der Waals surface area contributed by atoms with E-state index in [1.54, 1.807) is 16.8 Å². The molecule has 0 unspecified atom stereocenters. The van der Waals surface area contributed by atoms with Crippen molar-refractivity contribution in [3.63, 3.8) is 0 Å². The number of nitrogens with zero attached hydrogens (tertiary/aromatic N) is 3. The van der Waals surface area contributed by atoms with Gasteiger partial charge in [0.2, 0.25) is 5.91 Å². The lowest BCUT2D eigenvalue weighted by Gasteiger charge is -2.26. The van der Waals surface area contributed by atoms with E-state index >= 15 is 0 Å². The maximum atomic E-state index is 12.1. The number of pyridine rings is 1. The van der Waals surface area contributed by atoms with E-state index in [1.165, 1.54) is 0 Å². The summed E-state index contributed by atoms with van der Waals surface area (Å²) >= 11 is 0. The molecule has 2 aromatic heterocycles. The van der Waals surface area contributed by atoms with Crippen LogP contribution >= 0.6 is 0 Å². The van der Waals surface area contributed by atoms with Crippen LogP contribution in [0.25, 0.3) is 5.52 Å². The molecule has 134 valence electrons. The van der Waals surface area contributed by atoms with Crippen molar-refractivity contribution in [3.05, 3.63) is 36.2 Å². The number of amides is 2. The van der Waals surface area contributed by atoms with Crippen LogP contribution in [-0.4, -0.2) is 72.3 Å². The first-order valence-electron chi connectivity index (χ1n) is 8.52. The number of morpholine rings is 1. The van der Waals surface area contributed by atoms with Gasteiger partial charge in [0.1, 0.15) is 0 Å². The normalized spacial score (nSPS) is 15.2. The van der Waals surface area contributed by atoms with E-state index in [2.05, 4.69) is 20.6 Å². The minimum absolute atomic E-state index is 0.0513. The maximum absolute atomic E-state index is 12.1. The fourth-order valence-corrected chi connectivity index (χ4v) is 2.72. The van der Waals surface area contributed by atoms with E-state index in [0.29, 0.717) is 12.2 Å². The number of carbonyl (C=O) groups excluding carboxylic acids is 2. The summed E-state index contributed by atoms with van der Waals surface area (Å²) in [6.45, 7) is 4.94. The minimum Gasteiger partial charge on any atom is -0.379 e. The standard InChI is InChI=1S/C17H23N5O3/c23-16(18-5-3-6-21-8-10-25-11-9-21)13-19-17(24)15-12-14-4-1-2-7-22(14)20-15/h1-2,4,7,12H,3,5-6,8-11,13H2,(H,18,23)(H,19,24). The Bertz CT molecular complexity index is 691. The van der Waals surface area contributed by atoms with Gasteiger partial charge in [-0.25, -0.2) is 4.52 Å². The summed E-state index contributed by atoms with van der Waals surface area (Å²) < 4.78 is 6.92. The average molecular weight is 345 g/mol. The molecule has 3 rings (SSSR count). The van der Waals surface area contributed by atoms with E-state index < -0.39 is 0 Å². The molecule has 2 aromatic rings. The minimum atomic E-state index is -0.354. The van der Waals surface area contributed by atoms with Gasteiger partial charge in [0.15, 0.2) is 5.69 Å². The molecule has 1 fully saturated rings. The maximum Gasteiger partial charge on any atom is 0.272 e. The lowest BCUT2D eigenvalue weighted by atomic mass is 10.3. The van der Waals surface area contributed by atoms with Crippen molar-refractivity contribution in [1.29, 1.82) is 0 Å². The van der Waals surface area contributed by atoms with Gasteiger partial charge in [0.25, 0.3) is 5.91 Å². The predicted octanol–water partition coefficient (Wildman–Crippen LogP) is -0.0974. The summed E-state index contributed by atoms with van der Waals surface area (Å²) in [6, 6.07) is 7.27. The van der Waals surface area contributed by atoms with Gasteiger partial charge < -0.3 is 15.4 Å². The van der Waals surface area contributed by atoms with Gasteiger partial charge in [-0.05, 0) is 31.2 Å². The highest BCUT2D eigenvalue weighted by atomic mass is 16.5. The van der Waals surface area contributed by atoms with Crippen molar-refractivity contribution >= 4 is 17.3 Å². The van der Waals surface area contributed by atoms with Crippen LogP contribution in [0.2, 0.25) is 0 Å². The van der Waals surface area contributed by atoms with Crippen molar-refractivity contribution in [1.82, 2.24) is 25.1 Å². The molecule has 0 radical (unpaired) electrons. The van der Waals surface area contributed by atoms with Gasteiger partial charge in [-0.15, -0.1) is 0 Å². The molecule has 1 aliphatic rings. The quantitative estimate of drug-likeness (QED) is 0.685. The molecule has 2 N–H and O–H groups in total. The van der Waals surface area contributed by atoms with Crippen LogP contribution in [0.3, 0.4) is 0 Å². The first-order valence-corrected chi connectivity index (χ1v) is 8.52. The Labute approximate surface area is 146 Å². The zero-order valence-corrected chi connectivity index (χ0v) is 14.1. The van der Waals surface area contributed by atoms with Crippen molar-refractivity contribution in [2.45, 2.75) is 6.42 Å². The molecule has 25 heavy (non-hydrogen) atoms. The monoisotopic (exact) mass is 345 g/mol. The molecular formula is C17H23N5O3. The molecular weight excluding hydrogens is 322 g/mol. The summed E-state index contributed by atoms with van der Waals surface area (Å²) in [5.41, 5.74) is 1.13. The molecule has 0 atom stereocenters. The Kier molecular flexibility index (Phi) is 5.97. The highest BCUT2D eigenvalue weighted by molar-refractivity contribution is 5.95. The zero-order chi connectivity index (χ0) is 17.5. The van der Waals surface area contributed by atoms with Gasteiger partial charge in [0.05, 0.1) is 25.3 Å². The Morgan fingerprint density at radius 1 is 1.20 bits per heavy atom. The van der Waals surface area contributed by atoms with E-state index in [1.807, 2.05) is 18.2 Å². The van der Waals surface area contributed by atoms with Crippen LogP contribution in [0.5, 0.6) is 0 Å². The van der Waals surface area contributed by atoms with Crippen LogP contribution in [0, 0.1) is 0 Å². The van der Waals surface area contributed by atoms with E-state index in [0.717, 1.165) is 44.8 Å². The predicted molar refractivity (Wildman–Crippen MR) is 92.4 cm³/mol. The smallest absolute Gasteiger partial charge is 0.272 e. The molecule has 0 spiro atoms. The number of ether oxygens (including phenoxy) is 1. The Balaban J connectivity index is 1.34. The Morgan fingerprint density at radius 2 is 2.04 bits per heavy atom. The molecule has 0 saturated carbocycles. The molecule has 8 heteroatoms. The van der Waals surface area contributed by atoms with Crippen LogP contribution in [-0.2, 0) is 9.53 Å². The van der Waals surface area contributed by atoms with Crippen LogP contribution in [0.1, 0.15) is 16.9 Å². The third kappa shape index (κ3) is 5.01. The molecule has 8 nitrogen and oxygen atoms in total. The molecule has 2 amide bonds. The van der Waals surface area contributed by atoms with E-state index in [-0.39, 0.29) is 18.4 Å². The van der Waals surface area contributed by atoms with Gasteiger partial charge >= 0.3 is 0 Å². The fourth-order valence-electron chi connectivity index (χ4n) is 2.72. The number of nitrogens with one attached hydrogen (secondary N) is 2. The molecule has 1 saturated heterocycles. The summed E-state index contributed by atoms with van der Waals surface area (Å²) in [7, 11) is 0. The highest BCUT2D eigenvalue weighted by Gasteiger charge is 2.12. The second kappa shape index (κ2) is 8.59. The number of fused-ring (bicyclic) bond motifs is 1. The Hall–Kier alpha value is -2.45. The Morgan fingerprint density at radius 3 is 2.84 bits per heavy atom. The summed E-state index contributed by atoms with van der Waals surface area (Å²) in [6.07, 6.45) is 2.65. The molecule has 0 bridgehead atoms. The van der Waals surface area contributed by atoms with Crippen molar-refractivity contribution < 1.29 is 14.3 Å². The lowest BCUT2D eigenvalue weighted by molar-refractivity contribution is -0.120. The second-order valence-corrected chi connectivity index (χ2v) is 5.94. The van der Waals surface area contributed by atoms with Crippen LogP contribution < -0.4 is 10.6 Å².